The first kappa shape index (κ1) is 20.6. The molecule has 0 spiro atoms. The van der Waals surface area contributed by atoms with Crippen LogP contribution in [0.25, 0.3) is 0 Å². The second-order valence-electron chi connectivity index (χ2n) is 5.45. The van der Waals surface area contributed by atoms with Crippen molar-refractivity contribution >= 4 is 23.5 Å². The van der Waals surface area contributed by atoms with Crippen molar-refractivity contribution in [2.75, 3.05) is 32.2 Å². The zero-order valence-electron chi connectivity index (χ0n) is 14.8. The summed E-state index contributed by atoms with van der Waals surface area (Å²) in [6, 6.07) is 6.68. The van der Waals surface area contributed by atoms with Crippen molar-refractivity contribution in [3.05, 3.63) is 29.8 Å². The van der Waals surface area contributed by atoms with E-state index in [1.807, 2.05) is 0 Å². The number of amides is 2. The third-order valence-corrected chi connectivity index (χ3v) is 3.33. The predicted octanol–water partition coefficient (Wildman–Crippen LogP) is 2.12. The Balaban J connectivity index is 2.43. The second-order valence-corrected chi connectivity index (χ2v) is 5.45. The van der Waals surface area contributed by atoms with E-state index in [1.54, 1.807) is 24.3 Å². The summed E-state index contributed by atoms with van der Waals surface area (Å²) >= 11 is 0. The fourth-order valence-corrected chi connectivity index (χ4v) is 1.97. The lowest BCUT2D eigenvalue weighted by Crippen LogP contribution is -2.24. The van der Waals surface area contributed by atoms with Gasteiger partial charge in [-0.05, 0) is 24.6 Å². The van der Waals surface area contributed by atoms with E-state index in [9.17, 15) is 14.4 Å². The molecule has 0 saturated carbocycles. The predicted molar refractivity (Wildman–Crippen MR) is 94.4 cm³/mol. The number of carbonyl (C=O) groups excluding carboxylic acids is 3. The standard InChI is InChI=1S/C18H26N2O5/c1-3-4-10-19-18(23)14-6-5-7-15(13-14)20-16(21)8-9-17(22)25-12-11-24-2/h5-7,13H,3-4,8-12H2,1-2H3,(H,19,23)(H,20,21). The van der Waals surface area contributed by atoms with Gasteiger partial charge in [-0.1, -0.05) is 19.4 Å². The topological polar surface area (TPSA) is 93.7 Å². The van der Waals surface area contributed by atoms with Gasteiger partial charge in [0.1, 0.15) is 6.61 Å². The average molecular weight is 350 g/mol. The van der Waals surface area contributed by atoms with E-state index in [1.165, 1.54) is 7.11 Å². The second kappa shape index (κ2) is 12.0. The van der Waals surface area contributed by atoms with E-state index < -0.39 is 5.97 Å². The lowest BCUT2D eigenvalue weighted by molar-refractivity contribution is -0.145. The molecule has 0 fully saturated rings. The zero-order valence-corrected chi connectivity index (χ0v) is 14.8. The minimum absolute atomic E-state index is 0.00720. The monoisotopic (exact) mass is 350 g/mol. The Bertz CT molecular complexity index is 574. The average Bonchev–Trinajstić information content (AvgIpc) is 2.60. The van der Waals surface area contributed by atoms with Gasteiger partial charge in [0.2, 0.25) is 5.91 Å². The molecule has 0 aromatic heterocycles. The van der Waals surface area contributed by atoms with Crippen LogP contribution in [0.15, 0.2) is 24.3 Å². The van der Waals surface area contributed by atoms with Crippen molar-refractivity contribution in [2.24, 2.45) is 0 Å². The molecule has 0 atom stereocenters. The molecule has 7 heteroatoms. The third-order valence-electron chi connectivity index (χ3n) is 3.33. The van der Waals surface area contributed by atoms with Crippen LogP contribution in [0.1, 0.15) is 43.0 Å². The lowest BCUT2D eigenvalue weighted by atomic mass is 10.1. The minimum Gasteiger partial charge on any atom is -0.463 e. The molecule has 138 valence electrons. The quantitative estimate of drug-likeness (QED) is 0.471. The van der Waals surface area contributed by atoms with Crippen LogP contribution in [-0.2, 0) is 19.1 Å². The summed E-state index contributed by atoms with van der Waals surface area (Å²) < 4.78 is 9.65. The smallest absolute Gasteiger partial charge is 0.306 e. The Morgan fingerprint density at radius 3 is 2.64 bits per heavy atom. The summed E-state index contributed by atoms with van der Waals surface area (Å²) in [6.45, 7) is 3.17. The highest BCUT2D eigenvalue weighted by atomic mass is 16.6. The number of rotatable bonds is 11. The fraction of sp³-hybridized carbons (Fsp3) is 0.500. The van der Waals surface area contributed by atoms with Crippen LogP contribution in [-0.4, -0.2) is 44.7 Å². The van der Waals surface area contributed by atoms with Crippen LogP contribution in [0, 0.1) is 0 Å². The molecule has 2 amide bonds. The summed E-state index contributed by atoms with van der Waals surface area (Å²) in [5, 5.41) is 5.50. The van der Waals surface area contributed by atoms with Gasteiger partial charge in [0.05, 0.1) is 13.0 Å². The van der Waals surface area contributed by atoms with Gasteiger partial charge in [0.25, 0.3) is 5.91 Å². The largest absolute Gasteiger partial charge is 0.463 e. The van der Waals surface area contributed by atoms with Gasteiger partial charge in [-0.15, -0.1) is 0 Å². The maximum Gasteiger partial charge on any atom is 0.306 e. The molecule has 1 rings (SSSR count). The molecule has 0 bridgehead atoms. The van der Waals surface area contributed by atoms with Gasteiger partial charge in [0.15, 0.2) is 0 Å². The molecule has 1 aromatic carbocycles. The number of hydrogen-bond acceptors (Lipinski definition) is 5. The minimum atomic E-state index is -0.448. The van der Waals surface area contributed by atoms with Crippen molar-refractivity contribution in [3.63, 3.8) is 0 Å². The molecule has 0 radical (unpaired) electrons. The highest BCUT2D eigenvalue weighted by molar-refractivity contribution is 5.97. The molecule has 0 unspecified atom stereocenters. The molecule has 2 N–H and O–H groups in total. The number of hydrogen-bond donors (Lipinski definition) is 2. The van der Waals surface area contributed by atoms with E-state index in [0.29, 0.717) is 24.4 Å². The van der Waals surface area contributed by atoms with Crippen molar-refractivity contribution in [2.45, 2.75) is 32.6 Å². The summed E-state index contributed by atoms with van der Waals surface area (Å²) in [6.07, 6.45) is 1.93. The molecule has 7 nitrogen and oxygen atoms in total. The summed E-state index contributed by atoms with van der Waals surface area (Å²) in [5.41, 5.74) is 0.994. The van der Waals surface area contributed by atoms with Crippen molar-refractivity contribution in [1.29, 1.82) is 0 Å². The van der Waals surface area contributed by atoms with Crippen LogP contribution < -0.4 is 10.6 Å². The maximum atomic E-state index is 12.0. The van der Waals surface area contributed by atoms with Gasteiger partial charge in [-0.2, -0.15) is 0 Å². The Morgan fingerprint density at radius 2 is 1.92 bits per heavy atom. The number of ether oxygens (including phenoxy) is 2. The zero-order chi connectivity index (χ0) is 18.5. The lowest BCUT2D eigenvalue weighted by Gasteiger charge is -2.08. The highest BCUT2D eigenvalue weighted by Crippen LogP contribution is 2.11. The van der Waals surface area contributed by atoms with Crippen molar-refractivity contribution in [3.8, 4) is 0 Å². The van der Waals surface area contributed by atoms with E-state index >= 15 is 0 Å². The van der Waals surface area contributed by atoms with Crippen LogP contribution in [0.5, 0.6) is 0 Å². The normalized spacial score (nSPS) is 10.2. The Labute approximate surface area is 148 Å². The number of nitrogens with one attached hydrogen (secondary N) is 2. The van der Waals surface area contributed by atoms with Gasteiger partial charge in [-0.3, -0.25) is 14.4 Å². The van der Waals surface area contributed by atoms with Crippen LogP contribution >= 0.6 is 0 Å². The molecule has 0 heterocycles. The first-order valence-corrected chi connectivity index (χ1v) is 8.39. The van der Waals surface area contributed by atoms with Gasteiger partial charge in [-0.25, -0.2) is 0 Å². The Kier molecular flexibility index (Phi) is 9.92. The van der Waals surface area contributed by atoms with E-state index in [-0.39, 0.29) is 31.3 Å². The van der Waals surface area contributed by atoms with Gasteiger partial charge in [0, 0.05) is 31.3 Å². The number of anilines is 1. The number of benzene rings is 1. The highest BCUT2D eigenvalue weighted by Gasteiger charge is 2.10. The maximum absolute atomic E-state index is 12.0. The van der Waals surface area contributed by atoms with Crippen molar-refractivity contribution < 1.29 is 23.9 Å². The molecule has 0 aliphatic heterocycles. The van der Waals surface area contributed by atoms with Crippen LogP contribution in [0.4, 0.5) is 5.69 Å². The van der Waals surface area contributed by atoms with E-state index in [2.05, 4.69) is 17.6 Å². The fourth-order valence-electron chi connectivity index (χ4n) is 1.97. The van der Waals surface area contributed by atoms with E-state index in [0.717, 1.165) is 12.8 Å². The molecule has 0 aliphatic carbocycles. The molecular weight excluding hydrogens is 324 g/mol. The first-order valence-electron chi connectivity index (χ1n) is 8.39. The third kappa shape index (κ3) is 8.85. The molecule has 1 aromatic rings. The Morgan fingerprint density at radius 1 is 1.12 bits per heavy atom. The van der Waals surface area contributed by atoms with Gasteiger partial charge < -0.3 is 20.1 Å². The molecule has 0 saturated heterocycles. The number of methoxy groups -OCH3 is 1. The van der Waals surface area contributed by atoms with Crippen LogP contribution in [0.2, 0.25) is 0 Å². The summed E-state index contributed by atoms with van der Waals surface area (Å²) in [7, 11) is 1.51. The van der Waals surface area contributed by atoms with Crippen LogP contribution in [0.3, 0.4) is 0 Å². The first-order chi connectivity index (χ1) is 12.1. The summed E-state index contributed by atoms with van der Waals surface area (Å²) in [5.74, 6) is -0.935. The molecule has 25 heavy (non-hydrogen) atoms. The number of unbranched alkanes of at least 4 members (excludes halogenated alkanes) is 1. The van der Waals surface area contributed by atoms with Gasteiger partial charge >= 0.3 is 5.97 Å². The summed E-state index contributed by atoms with van der Waals surface area (Å²) in [4.78, 5) is 35.3. The molecule has 0 aliphatic rings. The SMILES string of the molecule is CCCCNC(=O)c1cccc(NC(=O)CCC(=O)OCCOC)c1. The van der Waals surface area contributed by atoms with E-state index in [4.69, 9.17) is 9.47 Å². The number of carbonyl (C=O) groups is 3. The Hall–Kier alpha value is -2.41. The molecular formula is C18H26N2O5. The van der Waals surface area contributed by atoms with Crippen molar-refractivity contribution in [1.82, 2.24) is 5.32 Å². The number of esters is 1.